The lowest BCUT2D eigenvalue weighted by atomic mass is 9.98. The third kappa shape index (κ3) is 5.32. The third-order valence-electron chi connectivity index (χ3n) is 6.07. The first-order valence-corrected chi connectivity index (χ1v) is 11.3. The van der Waals surface area contributed by atoms with Crippen LogP contribution in [0.15, 0.2) is 66.7 Å². The molecule has 0 bridgehead atoms. The molecule has 7 nitrogen and oxygen atoms in total. The lowest BCUT2D eigenvalue weighted by Crippen LogP contribution is -2.38. The lowest BCUT2D eigenvalue weighted by Gasteiger charge is -2.19. The summed E-state index contributed by atoms with van der Waals surface area (Å²) in [7, 11) is 0. The Bertz CT molecular complexity index is 1230. The number of fused-ring (bicyclic) bond motifs is 3. The molecule has 0 unspecified atom stereocenters. The Morgan fingerprint density at radius 3 is 2.20 bits per heavy atom. The molecule has 0 aliphatic heterocycles. The largest absolute Gasteiger partial charge is 0.478 e. The van der Waals surface area contributed by atoms with Crippen LogP contribution in [0.1, 0.15) is 47.2 Å². The second kappa shape index (κ2) is 10.4. The number of carbonyl (C=O) groups is 3. The zero-order valence-corrected chi connectivity index (χ0v) is 19.1. The molecule has 35 heavy (non-hydrogen) atoms. The number of benzene rings is 3. The van der Waals surface area contributed by atoms with Crippen LogP contribution < -0.4 is 10.6 Å². The van der Waals surface area contributed by atoms with Crippen molar-refractivity contribution >= 4 is 23.7 Å². The highest BCUT2D eigenvalue weighted by molar-refractivity contribution is 5.93. The molecule has 1 atom stereocenters. The van der Waals surface area contributed by atoms with E-state index >= 15 is 0 Å². The summed E-state index contributed by atoms with van der Waals surface area (Å²) in [6.07, 6.45) is -0.198. The average molecular weight is 477 g/mol. The number of alkyl carbamates (subject to hydrolysis) is 1. The van der Waals surface area contributed by atoms with E-state index in [1.165, 1.54) is 6.07 Å². The fourth-order valence-electron chi connectivity index (χ4n) is 4.31. The number of carboxylic acid groups (broad SMARTS) is 1. The van der Waals surface area contributed by atoms with Crippen LogP contribution in [0.2, 0.25) is 0 Å². The van der Waals surface area contributed by atoms with Gasteiger partial charge in [-0.2, -0.15) is 0 Å². The second-order valence-corrected chi connectivity index (χ2v) is 8.33. The summed E-state index contributed by atoms with van der Waals surface area (Å²) in [5, 5.41) is 14.1. The number of aromatic carboxylic acids is 1. The van der Waals surface area contributed by atoms with Crippen LogP contribution in [0, 0.1) is 5.82 Å². The Hall–Kier alpha value is -4.20. The van der Waals surface area contributed by atoms with Crippen LogP contribution in [-0.2, 0) is 9.53 Å². The predicted molar refractivity (Wildman–Crippen MR) is 129 cm³/mol. The van der Waals surface area contributed by atoms with E-state index in [0.717, 1.165) is 34.4 Å². The molecule has 8 heteroatoms. The summed E-state index contributed by atoms with van der Waals surface area (Å²) in [4.78, 5) is 35.8. The van der Waals surface area contributed by atoms with Crippen molar-refractivity contribution in [3.05, 3.63) is 89.2 Å². The van der Waals surface area contributed by atoms with Gasteiger partial charge in [0.05, 0.1) is 5.56 Å². The van der Waals surface area contributed by atoms with Gasteiger partial charge >= 0.3 is 12.1 Å². The lowest BCUT2D eigenvalue weighted by molar-refractivity contribution is -0.116. The molecule has 4 rings (SSSR count). The fourth-order valence-corrected chi connectivity index (χ4v) is 4.31. The van der Waals surface area contributed by atoms with E-state index in [4.69, 9.17) is 9.84 Å². The maximum atomic E-state index is 13.8. The maximum absolute atomic E-state index is 13.8. The molecule has 3 aromatic carbocycles. The molecular formula is C27H25FN2O5. The Kier molecular flexibility index (Phi) is 7.10. The van der Waals surface area contributed by atoms with E-state index < -0.39 is 35.4 Å². The molecular weight excluding hydrogens is 451 g/mol. The minimum atomic E-state index is -1.39. The van der Waals surface area contributed by atoms with Gasteiger partial charge in [0.25, 0.3) is 0 Å². The summed E-state index contributed by atoms with van der Waals surface area (Å²) in [5.41, 5.74) is 4.13. The molecule has 1 aliphatic rings. The summed E-state index contributed by atoms with van der Waals surface area (Å²) in [5.74, 6) is -2.85. The highest BCUT2D eigenvalue weighted by Crippen LogP contribution is 2.44. The van der Waals surface area contributed by atoms with Gasteiger partial charge in [0.1, 0.15) is 12.4 Å². The summed E-state index contributed by atoms with van der Waals surface area (Å²) in [6.45, 7) is 1.99. The van der Waals surface area contributed by atoms with E-state index in [-0.39, 0.29) is 24.6 Å². The Labute approximate surface area is 201 Å². The van der Waals surface area contributed by atoms with E-state index in [0.29, 0.717) is 6.42 Å². The molecule has 0 aromatic heterocycles. The van der Waals surface area contributed by atoms with Crippen LogP contribution >= 0.6 is 0 Å². The molecule has 3 aromatic rings. The van der Waals surface area contributed by atoms with Gasteiger partial charge in [-0.3, -0.25) is 4.79 Å². The molecule has 0 radical (unpaired) electrons. The number of rotatable bonds is 8. The van der Waals surface area contributed by atoms with Crippen molar-refractivity contribution in [2.45, 2.75) is 31.7 Å². The molecule has 2 amide bonds. The second-order valence-electron chi connectivity index (χ2n) is 8.33. The minimum Gasteiger partial charge on any atom is -0.478 e. The SMILES string of the molecule is CC[C@@H](CC(=O)Nc1ccc(C(=O)O)c(F)c1)NC(=O)OCC1c2ccccc2-c2ccccc21. The first-order valence-electron chi connectivity index (χ1n) is 11.3. The average Bonchev–Trinajstić information content (AvgIpc) is 3.16. The van der Waals surface area contributed by atoms with Crippen molar-refractivity contribution < 1.29 is 28.6 Å². The Balaban J connectivity index is 1.33. The molecule has 1 aliphatic carbocycles. The zero-order valence-electron chi connectivity index (χ0n) is 19.1. The van der Waals surface area contributed by atoms with E-state index in [1.807, 2.05) is 43.3 Å². The minimum absolute atomic E-state index is 0.0526. The van der Waals surface area contributed by atoms with Crippen LogP contribution in [0.25, 0.3) is 11.1 Å². The van der Waals surface area contributed by atoms with Gasteiger partial charge in [0.15, 0.2) is 0 Å². The third-order valence-corrected chi connectivity index (χ3v) is 6.07. The molecule has 180 valence electrons. The highest BCUT2D eigenvalue weighted by Gasteiger charge is 2.29. The van der Waals surface area contributed by atoms with Crippen molar-refractivity contribution in [2.24, 2.45) is 0 Å². The molecule has 3 N–H and O–H groups in total. The molecule has 0 saturated carbocycles. The number of halogens is 1. The Morgan fingerprint density at radius 1 is 1.00 bits per heavy atom. The summed E-state index contributed by atoms with van der Waals surface area (Å²) in [6, 6.07) is 18.9. The highest BCUT2D eigenvalue weighted by atomic mass is 19.1. The normalized spacial score (nSPS) is 12.9. The van der Waals surface area contributed by atoms with Crippen LogP contribution in [-0.4, -0.2) is 35.7 Å². The van der Waals surface area contributed by atoms with Crippen molar-refractivity contribution in [1.82, 2.24) is 5.32 Å². The van der Waals surface area contributed by atoms with Crippen molar-refractivity contribution in [1.29, 1.82) is 0 Å². The summed E-state index contributed by atoms with van der Waals surface area (Å²) < 4.78 is 19.4. The van der Waals surface area contributed by atoms with Gasteiger partial charge in [-0.1, -0.05) is 55.5 Å². The molecule has 0 saturated heterocycles. The van der Waals surface area contributed by atoms with Crippen LogP contribution in [0.4, 0.5) is 14.9 Å². The fraction of sp³-hybridized carbons (Fsp3) is 0.222. The van der Waals surface area contributed by atoms with Crippen molar-refractivity contribution in [2.75, 3.05) is 11.9 Å². The zero-order chi connectivity index (χ0) is 24.9. The van der Waals surface area contributed by atoms with E-state index in [9.17, 15) is 18.8 Å². The quantitative estimate of drug-likeness (QED) is 0.416. The standard InChI is InChI=1S/C27H25FN2O5/c1-2-16(14-25(31)29-17-11-12-22(26(32)33)24(28)13-17)30-27(34)35-15-23-20-9-5-3-7-18(20)19-8-4-6-10-21(19)23/h3-13,16,23H,2,14-15H2,1H3,(H,29,31)(H,30,34)(H,32,33)/t16-/m0/s1. The van der Waals surface area contributed by atoms with Crippen LogP contribution in [0.5, 0.6) is 0 Å². The number of hydrogen-bond donors (Lipinski definition) is 3. The van der Waals surface area contributed by atoms with Gasteiger partial charge in [-0.15, -0.1) is 0 Å². The number of nitrogens with one attached hydrogen (secondary N) is 2. The van der Waals surface area contributed by atoms with Crippen molar-refractivity contribution in [3.8, 4) is 11.1 Å². The van der Waals surface area contributed by atoms with Crippen molar-refractivity contribution in [3.63, 3.8) is 0 Å². The molecule has 0 fully saturated rings. The van der Waals surface area contributed by atoms with E-state index in [2.05, 4.69) is 22.8 Å². The van der Waals surface area contributed by atoms with Gasteiger partial charge in [-0.05, 0) is 46.9 Å². The number of anilines is 1. The first kappa shape index (κ1) is 23.9. The number of carboxylic acids is 1. The van der Waals surface area contributed by atoms with Gasteiger partial charge in [0.2, 0.25) is 5.91 Å². The predicted octanol–water partition coefficient (Wildman–Crippen LogP) is 5.17. The summed E-state index contributed by atoms with van der Waals surface area (Å²) >= 11 is 0. The smallest absolute Gasteiger partial charge is 0.407 e. The Morgan fingerprint density at radius 2 is 1.63 bits per heavy atom. The van der Waals surface area contributed by atoms with Gasteiger partial charge in [0, 0.05) is 24.1 Å². The number of carbonyl (C=O) groups excluding carboxylic acids is 2. The molecule has 0 heterocycles. The van der Waals surface area contributed by atoms with Gasteiger partial charge < -0.3 is 20.5 Å². The monoisotopic (exact) mass is 476 g/mol. The van der Waals surface area contributed by atoms with E-state index in [1.54, 1.807) is 0 Å². The number of hydrogen-bond acceptors (Lipinski definition) is 4. The number of amides is 2. The van der Waals surface area contributed by atoms with Gasteiger partial charge in [-0.25, -0.2) is 14.0 Å². The number of ether oxygens (including phenoxy) is 1. The first-order chi connectivity index (χ1) is 16.9. The van der Waals surface area contributed by atoms with Crippen LogP contribution in [0.3, 0.4) is 0 Å². The topological polar surface area (TPSA) is 105 Å². The maximum Gasteiger partial charge on any atom is 0.407 e. The molecule has 0 spiro atoms.